The molecule has 3 rings (SSSR count). The highest BCUT2D eigenvalue weighted by molar-refractivity contribution is 5.76. The average Bonchev–Trinajstić information content (AvgIpc) is 2.72. The molecule has 138 valence electrons. The maximum absolute atomic E-state index is 12.5. The minimum atomic E-state index is -0.0102. The van der Waals surface area contributed by atoms with Crippen molar-refractivity contribution in [3.05, 3.63) is 54.4 Å². The third-order valence-electron chi connectivity index (χ3n) is 4.51. The van der Waals surface area contributed by atoms with Gasteiger partial charge in [0.25, 0.3) is 0 Å². The Morgan fingerprint density at radius 3 is 2.73 bits per heavy atom. The molecule has 1 aromatic heterocycles. The molecule has 1 atom stereocenters. The van der Waals surface area contributed by atoms with Crippen LogP contribution < -0.4 is 5.32 Å². The van der Waals surface area contributed by atoms with Crippen LogP contribution in [0.25, 0.3) is 0 Å². The summed E-state index contributed by atoms with van der Waals surface area (Å²) < 4.78 is 5.83. The highest BCUT2D eigenvalue weighted by atomic mass is 16.5. The molecule has 0 unspecified atom stereocenters. The maximum atomic E-state index is 12.5. The minimum absolute atomic E-state index is 0.0102. The number of benzene rings is 1. The molecule has 0 aliphatic carbocycles. The number of amides is 1. The van der Waals surface area contributed by atoms with Crippen LogP contribution in [0.1, 0.15) is 37.4 Å². The van der Waals surface area contributed by atoms with Gasteiger partial charge in [0, 0.05) is 31.9 Å². The van der Waals surface area contributed by atoms with Crippen molar-refractivity contribution in [1.29, 1.82) is 0 Å². The molecule has 1 amide bonds. The first-order valence-corrected chi connectivity index (χ1v) is 9.28. The van der Waals surface area contributed by atoms with Gasteiger partial charge in [-0.25, -0.2) is 9.97 Å². The topological polar surface area (TPSA) is 67.4 Å². The van der Waals surface area contributed by atoms with Crippen molar-refractivity contribution in [2.45, 2.75) is 31.8 Å². The van der Waals surface area contributed by atoms with Crippen LogP contribution in [0.3, 0.4) is 0 Å². The number of rotatable bonds is 8. The van der Waals surface area contributed by atoms with Crippen LogP contribution >= 0.6 is 0 Å². The first kappa shape index (κ1) is 18.3. The molecule has 6 nitrogen and oxygen atoms in total. The highest BCUT2D eigenvalue weighted by Gasteiger charge is 2.24. The summed E-state index contributed by atoms with van der Waals surface area (Å²) in [6, 6.07) is 11.9. The molecule has 0 radical (unpaired) electrons. The van der Waals surface area contributed by atoms with E-state index in [4.69, 9.17) is 4.74 Å². The zero-order valence-corrected chi connectivity index (χ0v) is 15.0. The predicted octanol–water partition coefficient (Wildman–Crippen LogP) is 3.05. The lowest BCUT2D eigenvalue weighted by molar-refractivity contribution is -0.139. The molecule has 1 aromatic carbocycles. The van der Waals surface area contributed by atoms with Crippen molar-refractivity contribution in [2.75, 3.05) is 31.6 Å². The van der Waals surface area contributed by atoms with Gasteiger partial charge in [-0.15, -0.1) is 0 Å². The molecular weight excluding hydrogens is 328 g/mol. The molecule has 2 heterocycles. The largest absolute Gasteiger partial charge is 0.370 e. The van der Waals surface area contributed by atoms with Gasteiger partial charge in [0.15, 0.2) is 0 Å². The van der Waals surface area contributed by atoms with Crippen molar-refractivity contribution >= 4 is 11.9 Å². The SMILES string of the molecule is O=C(CCCCCNc1ncccn1)N1CCO[C@H](c2ccccc2)C1. The summed E-state index contributed by atoms with van der Waals surface area (Å²) in [6.45, 7) is 2.77. The van der Waals surface area contributed by atoms with Crippen molar-refractivity contribution in [1.82, 2.24) is 14.9 Å². The monoisotopic (exact) mass is 354 g/mol. The lowest BCUT2D eigenvalue weighted by Crippen LogP contribution is -2.42. The number of morpholine rings is 1. The van der Waals surface area contributed by atoms with E-state index < -0.39 is 0 Å². The summed E-state index contributed by atoms with van der Waals surface area (Å²) in [5.41, 5.74) is 1.14. The van der Waals surface area contributed by atoms with E-state index in [1.165, 1.54) is 0 Å². The van der Waals surface area contributed by atoms with E-state index in [9.17, 15) is 4.79 Å². The van der Waals surface area contributed by atoms with E-state index in [0.29, 0.717) is 32.1 Å². The first-order chi connectivity index (χ1) is 12.8. The second kappa shape index (κ2) is 9.87. The third kappa shape index (κ3) is 5.52. The minimum Gasteiger partial charge on any atom is -0.370 e. The normalized spacial score (nSPS) is 17.1. The summed E-state index contributed by atoms with van der Waals surface area (Å²) in [5, 5.41) is 3.19. The smallest absolute Gasteiger partial charge is 0.222 e. The Bertz CT molecular complexity index is 666. The predicted molar refractivity (Wildman–Crippen MR) is 101 cm³/mol. The van der Waals surface area contributed by atoms with Gasteiger partial charge in [-0.1, -0.05) is 36.8 Å². The van der Waals surface area contributed by atoms with Crippen LogP contribution in [0, 0.1) is 0 Å². The van der Waals surface area contributed by atoms with Crippen LogP contribution in [-0.4, -0.2) is 47.0 Å². The summed E-state index contributed by atoms with van der Waals surface area (Å²) in [4.78, 5) is 22.7. The summed E-state index contributed by atoms with van der Waals surface area (Å²) in [7, 11) is 0. The molecule has 1 aliphatic rings. The molecule has 0 saturated carbocycles. The molecule has 2 aromatic rings. The Balaban J connectivity index is 1.33. The highest BCUT2D eigenvalue weighted by Crippen LogP contribution is 2.22. The van der Waals surface area contributed by atoms with Gasteiger partial charge in [0.2, 0.25) is 11.9 Å². The average molecular weight is 354 g/mol. The van der Waals surface area contributed by atoms with Crippen LogP contribution in [0.2, 0.25) is 0 Å². The van der Waals surface area contributed by atoms with Crippen molar-refractivity contribution in [3.63, 3.8) is 0 Å². The van der Waals surface area contributed by atoms with Gasteiger partial charge in [-0.2, -0.15) is 0 Å². The standard InChI is InChI=1S/C20H26N4O2/c25-19(10-5-2-6-11-21-20-22-12-7-13-23-20)24-14-15-26-18(16-24)17-8-3-1-4-9-17/h1,3-4,7-9,12-13,18H,2,5-6,10-11,14-16H2,(H,21,22,23)/t18-/m0/s1. The molecule has 1 fully saturated rings. The van der Waals surface area contributed by atoms with E-state index in [2.05, 4.69) is 27.4 Å². The van der Waals surface area contributed by atoms with E-state index in [-0.39, 0.29) is 12.0 Å². The Hall–Kier alpha value is -2.47. The fourth-order valence-corrected chi connectivity index (χ4v) is 3.07. The number of nitrogens with zero attached hydrogens (tertiary/aromatic N) is 3. The van der Waals surface area contributed by atoms with Crippen LogP contribution in [-0.2, 0) is 9.53 Å². The Morgan fingerprint density at radius 1 is 1.12 bits per heavy atom. The van der Waals surface area contributed by atoms with Gasteiger partial charge in [-0.05, 0) is 24.5 Å². The van der Waals surface area contributed by atoms with Crippen molar-refractivity contribution < 1.29 is 9.53 Å². The number of anilines is 1. The summed E-state index contributed by atoms with van der Waals surface area (Å²) in [5.74, 6) is 0.887. The number of hydrogen-bond donors (Lipinski definition) is 1. The Kier molecular flexibility index (Phi) is 6.96. The summed E-state index contributed by atoms with van der Waals surface area (Å²) >= 11 is 0. The van der Waals surface area contributed by atoms with Gasteiger partial charge in [-0.3, -0.25) is 4.79 Å². The molecular formula is C20H26N4O2. The van der Waals surface area contributed by atoms with E-state index in [1.54, 1.807) is 18.5 Å². The fraction of sp³-hybridized carbons (Fsp3) is 0.450. The quantitative estimate of drug-likeness (QED) is 0.738. The molecule has 1 saturated heterocycles. The fourth-order valence-electron chi connectivity index (χ4n) is 3.07. The Morgan fingerprint density at radius 2 is 1.92 bits per heavy atom. The second-order valence-electron chi connectivity index (χ2n) is 6.42. The number of nitrogens with one attached hydrogen (secondary N) is 1. The lowest BCUT2D eigenvalue weighted by Gasteiger charge is -2.33. The van der Waals surface area contributed by atoms with E-state index in [0.717, 1.165) is 31.4 Å². The second-order valence-corrected chi connectivity index (χ2v) is 6.42. The number of carbonyl (C=O) groups excluding carboxylic acids is 1. The van der Waals surface area contributed by atoms with Gasteiger partial charge in [0.1, 0.15) is 6.10 Å². The van der Waals surface area contributed by atoms with Crippen molar-refractivity contribution in [2.24, 2.45) is 0 Å². The number of unbranched alkanes of at least 4 members (excludes halogenated alkanes) is 2. The zero-order valence-electron chi connectivity index (χ0n) is 15.0. The molecule has 6 heteroatoms. The number of carbonyl (C=O) groups is 1. The van der Waals surface area contributed by atoms with Crippen LogP contribution in [0.15, 0.2) is 48.8 Å². The van der Waals surface area contributed by atoms with Gasteiger partial charge >= 0.3 is 0 Å². The van der Waals surface area contributed by atoms with Crippen LogP contribution in [0.4, 0.5) is 5.95 Å². The summed E-state index contributed by atoms with van der Waals surface area (Å²) in [6.07, 6.45) is 6.95. The number of aromatic nitrogens is 2. The molecule has 0 bridgehead atoms. The molecule has 1 aliphatic heterocycles. The van der Waals surface area contributed by atoms with E-state index >= 15 is 0 Å². The number of ether oxygens (including phenoxy) is 1. The lowest BCUT2D eigenvalue weighted by atomic mass is 10.1. The molecule has 0 spiro atoms. The maximum Gasteiger partial charge on any atom is 0.222 e. The van der Waals surface area contributed by atoms with E-state index in [1.807, 2.05) is 23.1 Å². The van der Waals surface area contributed by atoms with Gasteiger partial charge < -0.3 is 15.0 Å². The number of hydrogen-bond acceptors (Lipinski definition) is 5. The van der Waals surface area contributed by atoms with Crippen LogP contribution in [0.5, 0.6) is 0 Å². The van der Waals surface area contributed by atoms with Crippen molar-refractivity contribution in [3.8, 4) is 0 Å². The third-order valence-corrected chi connectivity index (χ3v) is 4.51. The zero-order chi connectivity index (χ0) is 18.0. The Labute approximate surface area is 154 Å². The first-order valence-electron chi connectivity index (χ1n) is 9.28. The van der Waals surface area contributed by atoms with Gasteiger partial charge in [0.05, 0.1) is 13.2 Å². The molecule has 26 heavy (non-hydrogen) atoms. The molecule has 1 N–H and O–H groups in total.